The minimum atomic E-state index is 0.0503. The zero-order valence-corrected chi connectivity index (χ0v) is 16.8. The quantitative estimate of drug-likeness (QED) is 0.730. The number of amides is 1. The highest BCUT2D eigenvalue weighted by molar-refractivity contribution is 7.10. The number of rotatable bonds is 4. The van der Waals surface area contributed by atoms with Crippen LogP contribution in [0.5, 0.6) is 0 Å². The van der Waals surface area contributed by atoms with E-state index in [0.717, 1.165) is 35.7 Å². The fraction of sp³-hybridized carbons (Fsp3) is 0.333. The zero-order valence-electron chi connectivity index (χ0n) is 16.0. The second-order valence-corrected chi connectivity index (χ2v) is 8.20. The molecule has 0 aliphatic carbocycles. The molecule has 1 aliphatic rings. The first-order valence-electron chi connectivity index (χ1n) is 9.37. The summed E-state index contributed by atoms with van der Waals surface area (Å²) in [5.74, 6) is 0.0503. The van der Waals surface area contributed by atoms with E-state index >= 15 is 0 Å². The van der Waals surface area contributed by atoms with Gasteiger partial charge in [0.1, 0.15) is 6.04 Å². The van der Waals surface area contributed by atoms with Crippen LogP contribution >= 0.6 is 11.3 Å². The molecule has 0 spiro atoms. The van der Waals surface area contributed by atoms with Crippen LogP contribution in [0.15, 0.2) is 41.8 Å². The van der Waals surface area contributed by atoms with Crippen LogP contribution in [-0.4, -0.2) is 28.8 Å². The summed E-state index contributed by atoms with van der Waals surface area (Å²) in [6.45, 7) is 7.64. The highest BCUT2D eigenvalue weighted by atomic mass is 32.1. The van der Waals surface area contributed by atoms with E-state index in [1.54, 1.807) is 0 Å². The topological polar surface area (TPSA) is 51.4 Å². The van der Waals surface area contributed by atoms with Gasteiger partial charge >= 0.3 is 0 Å². The number of carbonyl (C=O) groups excluding carboxylic acids is 1. The minimum absolute atomic E-state index is 0.0503. The van der Waals surface area contributed by atoms with Crippen LogP contribution in [-0.2, 0) is 11.2 Å². The van der Waals surface area contributed by atoms with Crippen molar-refractivity contribution in [2.45, 2.75) is 33.2 Å². The number of quaternary nitrogens is 1. The first-order chi connectivity index (χ1) is 13.0. The number of hydrogen-bond acceptors (Lipinski definition) is 3. The van der Waals surface area contributed by atoms with Gasteiger partial charge in [-0.05, 0) is 44.4 Å². The van der Waals surface area contributed by atoms with Crippen LogP contribution in [0, 0.1) is 13.8 Å². The lowest BCUT2D eigenvalue weighted by Gasteiger charge is -2.29. The summed E-state index contributed by atoms with van der Waals surface area (Å²) in [6.07, 6.45) is 1.06. The van der Waals surface area contributed by atoms with Gasteiger partial charge in [-0.2, -0.15) is 5.10 Å². The van der Waals surface area contributed by atoms with Gasteiger partial charge in [-0.3, -0.25) is 4.79 Å². The van der Waals surface area contributed by atoms with E-state index in [4.69, 9.17) is 0 Å². The number of para-hydroxylation sites is 1. The number of aromatic nitrogens is 2. The van der Waals surface area contributed by atoms with E-state index in [9.17, 15) is 4.79 Å². The number of hydrogen-bond donors (Lipinski definition) is 2. The monoisotopic (exact) mass is 381 g/mol. The molecule has 1 amide bonds. The zero-order chi connectivity index (χ0) is 19.0. The molecule has 6 heteroatoms. The van der Waals surface area contributed by atoms with Gasteiger partial charge in [0.05, 0.1) is 29.3 Å². The minimum Gasteiger partial charge on any atom is -0.321 e. The van der Waals surface area contributed by atoms with Crippen molar-refractivity contribution in [1.29, 1.82) is 0 Å². The maximum atomic E-state index is 12.8. The number of nitrogens with zero attached hydrogens (tertiary/aromatic N) is 2. The molecule has 2 atom stereocenters. The van der Waals surface area contributed by atoms with Crippen LogP contribution in [0.3, 0.4) is 0 Å². The van der Waals surface area contributed by atoms with Gasteiger partial charge in [-0.15, -0.1) is 11.3 Å². The maximum Gasteiger partial charge on any atom is 0.279 e. The van der Waals surface area contributed by atoms with Crippen LogP contribution < -0.4 is 10.2 Å². The van der Waals surface area contributed by atoms with E-state index in [0.29, 0.717) is 12.6 Å². The predicted molar refractivity (Wildman–Crippen MR) is 109 cm³/mol. The Kier molecular flexibility index (Phi) is 4.85. The van der Waals surface area contributed by atoms with Crippen molar-refractivity contribution in [3.05, 3.63) is 63.6 Å². The largest absolute Gasteiger partial charge is 0.321 e. The van der Waals surface area contributed by atoms with Gasteiger partial charge in [0.15, 0.2) is 6.54 Å². The summed E-state index contributed by atoms with van der Waals surface area (Å²) in [4.78, 5) is 15.6. The van der Waals surface area contributed by atoms with Gasteiger partial charge in [-0.1, -0.05) is 18.2 Å². The average molecular weight is 382 g/mol. The van der Waals surface area contributed by atoms with Crippen molar-refractivity contribution in [3.63, 3.8) is 0 Å². The molecule has 1 unspecified atom stereocenters. The first-order valence-corrected chi connectivity index (χ1v) is 10.2. The molecule has 0 saturated carbocycles. The van der Waals surface area contributed by atoms with E-state index < -0.39 is 0 Å². The molecule has 1 aromatic carbocycles. The summed E-state index contributed by atoms with van der Waals surface area (Å²) >= 11 is 1.83. The summed E-state index contributed by atoms with van der Waals surface area (Å²) in [7, 11) is 0. The molecule has 4 rings (SSSR count). The molecule has 1 aliphatic heterocycles. The van der Waals surface area contributed by atoms with E-state index in [-0.39, 0.29) is 5.91 Å². The van der Waals surface area contributed by atoms with Gasteiger partial charge < -0.3 is 10.2 Å². The smallest absolute Gasteiger partial charge is 0.279 e. The maximum absolute atomic E-state index is 12.8. The second kappa shape index (κ2) is 7.29. The highest BCUT2D eigenvalue weighted by Crippen LogP contribution is 2.25. The number of anilines is 1. The Morgan fingerprint density at radius 2 is 2.07 bits per heavy atom. The fourth-order valence-electron chi connectivity index (χ4n) is 3.93. The summed E-state index contributed by atoms with van der Waals surface area (Å²) in [5.41, 5.74) is 5.02. The van der Waals surface area contributed by atoms with Gasteiger partial charge in [0.25, 0.3) is 5.91 Å². The highest BCUT2D eigenvalue weighted by Gasteiger charge is 2.30. The normalized spacial score (nSPS) is 18.9. The lowest BCUT2D eigenvalue weighted by atomic mass is 10.0. The number of nitrogens with one attached hydrogen (secondary N) is 2. The third-order valence-corrected chi connectivity index (χ3v) is 6.47. The van der Waals surface area contributed by atoms with Crippen molar-refractivity contribution >= 4 is 22.9 Å². The number of fused-ring (bicyclic) bond motifs is 1. The molecule has 0 fully saturated rings. The van der Waals surface area contributed by atoms with Crippen LogP contribution in [0.4, 0.5) is 5.69 Å². The molecule has 2 aromatic heterocycles. The summed E-state index contributed by atoms with van der Waals surface area (Å²) in [5, 5.41) is 9.89. The molecule has 27 heavy (non-hydrogen) atoms. The third-order valence-electron chi connectivity index (χ3n) is 5.48. The SMILES string of the molecule is Cc1nn(-c2ccccc2)c(C)c1NC(=O)C[NH+]1CCc2sccc2[C@H]1C. The molecule has 3 heterocycles. The predicted octanol–water partition coefficient (Wildman–Crippen LogP) is 2.69. The van der Waals surface area contributed by atoms with E-state index in [2.05, 4.69) is 28.8 Å². The summed E-state index contributed by atoms with van der Waals surface area (Å²) in [6, 6.07) is 12.6. The number of aryl methyl sites for hydroxylation is 1. The molecule has 140 valence electrons. The van der Waals surface area contributed by atoms with Gasteiger partial charge in [-0.25, -0.2) is 4.68 Å². The van der Waals surface area contributed by atoms with Crippen molar-refractivity contribution < 1.29 is 9.69 Å². The average Bonchev–Trinajstić information content (AvgIpc) is 3.25. The standard InChI is InChI=1S/C21H24N4OS/c1-14-21(16(3)25(23-14)17-7-5-4-6-8-17)22-20(26)13-24-11-9-19-18(15(24)2)10-12-27-19/h4-8,10,12,15H,9,11,13H2,1-3H3,(H,22,26)/p+1/t15-/m1/s1. The Hall–Kier alpha value is -2.44. The first kappa shape index (κ1) is 17.9. The lowest BCUT2D eigenvalue weighted by molar-refractivity contribution is -0.923. The van der Waals surface area contributed by atoms with Gasteiger partial charge in [0, 0.05) is 16.9 Å². The Morgan fingerprint density at radius 3 is 2.85 bits per heavy atom. The Morgan fingerprint density at radius 1 is 1.30 bits per heavy atom. The molecule has 0 saturated heterocycles. The number of benzene rings is 1. The molecule has 0 radical (unpaired) electrons. The molecule has 0 bridgehead atoms. The molecule has 3 aromatic rings. The third kappa shape index (κ3) is 3.42. The van der Waals surface area contributed by atoms with Crippen molar-refractivity contribution in [2.24, 2.45) is 0 Å². The molecule has 5 nitrogen and oxygen atoms in total. The molecular formula is C21H25N4OS+. The summed E-state index contributed by atoms with van der Waals surface area (Å²) < 4.78 is 1.89. The van der Waals surface area contributed by atoms with Crippen molar-refractivity contribution in [3.8, 4) is 5.69 Å². The Balaban J connectivity index is 1.48. The van der Waals surface area contributed by atoms with Gasteiger partial charge in [0.2, 0.25) is 0 Å². The molecule has 2 N–H and O–H groups in total. The van der Waals surface area contributed by atoms with Crippen molar-refractivity contribution in [2.75, 3.05) is 18.4 Å². The Labute approximate surface area is 163 Å². The number of thiophene rings is 1. The van der Waals surface area contributed by atoms with Crippen LogP contribution in [0.1, 0.15) is 34.8 Å². The van der Waals surface area contributed by atoms with E-state index in [1.807, 2.05) is 60.2 Å². The van der Waals surface area contributed by atoms with Crippen molar-refractivity contribution in [1.82, 2.24) is 9.78 Å². The fourth-order valence-corrected chi connectivity index (χ4v) is 4.91. The lowest BCUT2D eigenvalue weighted by Crippen LogP contribution is -3.14. The van der Waals surface area contributed by atoms with Crippen LogP contribution in [0.25, 0.3) is 5.69 Å². The van der Waals surface area contributed by atoms with Crippen LogP contribution in [0.2, 0.25) is 0 Å². The Bertz CT molecular complexity index is 960. The second-order valence-electron chi connectivity index (χ2n) is 7.20. The van der Waals surface area contributed by atoms with E-state index in [1.165, 1.54) is 15.3 Å². The molecular weight excluding hydrogens is 356 g/mol. The number of carbonyl (C=O) groups is 1.